The Morgan fingerprint density at radius 3 is 2.82 bits per heavy atom. The zero-order valence-corrected chi connectivity index (χ0v) is 15.9. The van der Waals surface area contributed by atoms with Crippen LogP contribution < -0.4 is 21.1 Å². The summed E-state index contributed by atoms with van der Waals surface area (Å²) >= 11 is 0. The second-order valence-electron chi connectivity index (χ2n) is 6.34. The molecule has 0 aromatic carbocycles. The predicted molar refractivity (Wildman–Crippen MR) is 104 cm³/mol. The molecule has 1 amide bonds. The van der Waals surface area contributed by atoms with E-state index in [4.69, 9.17) is 10.5 Å². The van der Waals surface area contributed by atoms with Gasteiger partial charge in [-0.05, 0) is 19.9 Å². The SMILES string of the molecule is CC(C)Oc1ncccc1CNc1nc(Nc2cnn(C)c2)ncc1C(N)=O. The molecule has 4 N–H and O–H groups in total. The number of carbonyl (C=O) groups excluding carboxylic acids is 1. The summed E-state index contributed by atoms with van der Waals surface area (Å²) in [6.07, 6.45) is 6.46. The third kappa shape index (κ3) is 4.72. The van der Waals surface area contributed by atoms with Gasteiger partial charge in [0.25, 0.3) is 5.91 Å². The fourth-order valence-corrected chi connectivity index (χ4v) is 2.44. The van der Waals surface area contributed by atoms with Crippen molar-refractivity contribution in [1.29, 1.82) is 0 Å². The molecular weight excluding hydrogens is 360 g/mol. The standard InChI is InChI=1S/C18H22N8O2/c1-11(2)28-17-12(5-4-6-20-17)7-21-16-14(15(19)27)9-22-18(25-16)24-13-8-23-26(3)10-13/h4-6,8-11H,7H2,1-3H3,(H2,19,27)(H2,21,22,24,25). The fourth-order valence-electron chi connectivity index (χ4n) is 2.44. The molecule has 0 bridgehead atoms. The molecule has 0 saturated carbocycles. The number of nitrogens with two attached hydrogens (primary N) is 1. The van der Waals surface area contributed by atoms with E-state index in [0.29, 0.717) is 24.2 Å². The van der Waals surface area contributed by atoms with Crippen LogP contribution in [0.1, 0.15) is 29.8 Å². The van der Waals surface area contributed by atoms with Crippen molar-refractivity contribution in [3.8, 4) is 5.88 Å². The normalized spacial score (nSPS) is 10.7. The van der Waals surface area contributed by atoms with Crippen molar-refractivity contribution in [2.75, 3.05) is 10.6 Å². The summed E-state index contributed by atoms with van der Waals surface area (Å²) in [6.45, 7) is 4.20. The molecule has 0 atom stereocenters. The number of aromatic nitrogens is 5. The second-order valence-corrected chi connectivity index (χ2v) is 6.34. The number of carbonyl (C=O) groups is 1. The lowest BCUT2D eigenvalue weighted by Crippen LogP contribution is -2.17. The Morgan fingerprint density at radius 2 is 2.14 bits per heavy atom. The zero-order valence-electron chi connectivity index (χ0n) is 15.9. The summed E-state index contributed by atoms with van der Waals surface area (Å²) in [7, 11) is 1.81. The van der Waals surface area contributed by atoms with Crippen LogP contribution >= 0.6 is 0 Å². The van der Waals surface area contributed by atoms with E-state index in [0.717, 1.165) is 11.3 Å². The maximum Gasteiger partial charge on any atom is 0.254 e. The minimum absolute atomic E-state index is 0.0100. The van der Waals surface area contributed by atoms with Crippen molar-refractivity contribution >= 4 is 23.4 Å². The average Bonchev–Trinajstić information content (AvgIpc) is 3.05. The first kappa shape index (κ1) is 19.1. The topological polar surface area (TPSA) is 133 Å². The molecule has 10 heteroatoms. The summed E-state index contributed by atoms with van der Waals surface area (Å²) in [6, 6.07) is 3.70. The molecule has 0 aliphatic heterocycles. The molecule has 3 aromatic rings. The molecule has 28 heavy (non-hydrogen) atoms. The van der Waals surface area contributed by atoms with Gasteiger partial charge in [-0.2, -0.15) is 10.1 Å². The van der Waals surface area contributed by atoms with Crippen molar-refractivity contribution in [3.05, 3.63) is 48.0 Å². The van der Waals surface area contributed by atoms with E-state index in [-0.39, 0.29) is 11.7 Å². The Kier molecular flexibility index (Phi) is 5.68. The summed E-state index contributed by atoms with van der Waals surface area (Å²) < 4.78 is 7.37. The van der Waals surface area contributed by atoms with Gasteiger partial charge in [-0.3, -0.25) is 9.48 Å². The van der Waals surface area contributed by atoms with Crippen LogP contribution in [0, 0.1) is 0 Å². The van der Waals surface area contributed by atoms with Gasteiger partial charge in [0.15, 0.2) is 0 Å². The number of ether oxygens (including phenoxy) is 1. The van der Waals surface area contributed by atoms with Crippen LogP contribution in [0.4, 0.5) is 17.5 Å². The van der Waals surface area contributed by atoms with Gasteiger partial charge < -0.3 is 21.1 Å². The maximum atomic E-state index is 11.7. The first-order valence-corrected chi connectivity index (χ1v) is 8.69. The number of rotatable bonds is 8. The number of nitrogens with one attached hydrogen (secondary N) is 2. The maximum absolute atomic E-state index is 11.7. The molecule has 0 spiro atoms. The summed E-state index contributed by atoms with van der Waals surface area (Å²) in [5.74, 6) is 0.521. The molecule has 0 saturated heterocycles. The minimum atomic E-state index is -0.625. The van der Waals surface area contributed by atoms with Gasteiger partial charge in [-0.1, -0.05) is 6.07 Å². The number of pyridine rings is 1. The predicted octanol–water partition coefficient (Wildman–Crippen LogP) is 1.85. The molecule has 10 nitrogen and oxygen atoms in total. The fraction of sp³-hybridized carbons (Fsp3) is 0.278. The molecule has 3 heterocycles. The van der Waals surface area contributed by atoms with E-state index in [9.17, 15) is 4.79 Å². The number of amides is 1. The third-order valence-corrected chi connectivity index (χ3v) is 3.66. The van der Waals surface area contributed by atoms with E-state index >= 15 is 0 Å². The number of anilines is 3. The number of nitrogens with zero attached hydrogens (tertiary/aromatic N) is 5. The van der Waals surface area contributed by atoms with E-state index in [2.05, 4.69) is 30.7 Å². The lowest BCUT2D eigenvalue weighted by Gasteiger charge is -2.14. The Hall–Kier alpha value is -3.69. The van der Waals surface area contributed by atoms with Crippen molar-refractivity contribution in [3.63, 3.8) is 0 Å². The summed E-state index contributed by atoms with van der Waals surface area (Å²) in [5, 5.41) is 10.2. The highest BCUT2D eigenvalue weighted by molar-refractivity contribution is 5.97. The van der Waals surface area contributed by atoms with E-state index in [1.54, 1.807) is 30.3 Å². The van der Waals surface area contributed by atoms with Gasteiger partial charge in [0.05, 0.1) is 23.6 Å². The van der Waals surface area contributed by atoms with Gasteiger partial charge in [0.2, 0.25) is 11.8 Å². The van der Waals surface area contributed by atoms with Crippen LogP contribution in [0.25, 0.3) is 0 Å². The minimum Gasteiger partial charge on any atom is -0.475 e. The highest BCUT2D eigenvalue weighted by Gasteiger charge is 2.14. The van der Waals surface area contributed by atoms with E-state index in [1.165, 1.54) is 6.20 Å². The highest BCUT2D eigenvalue weighted by Crippen LogP contribution is 2.20. The number of primary amides is 1. The molecule has 0 unspecified atom stereocenters. The van der Waals surface area contributed by atoms with Gasteiger partial charge >= 0.3 is 0 Å². The molecule has 0 radical (unpaired) electrons. The van der Waals surface area contributed by atoms with Crippen molar-refractivity contribution < 1.29 is 9.53 Å². The first-order valence-electron chi connectivity index (χ1n) is 8.69. The monoisotopic (exact) mass is 382 g/mol. The van der Waals surface area contributed by atoms with E-state index in [1.807, 2.05) is 26.0 Å². The Bertz CT molecular complexity index is 970. The molecule has 0 fully saturated rings. The van der Waals surface area contributed by atoms with Crippen LogP contribution in [0.15, 0.2) is 36.9 Å². The zero-order chi connectivity index (χ0) is 20.1. The van der Waals surface area contributed by atoms with Crippen LogP contribution in [0.3, 0.4) is 0 Å². The number of hydrogen-bond acceptors (Lipinski definition) is 8. The largest absolute Gasteiger partial charge is 0.475 e. The van der Waals surface area contributed by atoms with Gasteiger partial charge in [-0.15, -0.1) is 0 Å². The van der Waals surface area contributed by atoms with Crippen LogP contribution in [-0.2, 0) is 13.6 Å². The van der Waals surface area contributed by atoms with E-state index < -0.39 is 5.91 Å². The Labute approximate surface area is 162 Å². The molecule has 3 rings (SSSR count). The smallest absolute Gasteiger partial charge is 0.254 e. The van der Waals surface area contributed by atoms with Crippen molar-refractivity contribution in [1.82, 2.24) is 24.7 Å². The molecule has 0 aliphatic rings. The van der Waals surface area contributed by atoms with Crippen molar-refractivity contribution in [2.45, 2.75) is 26.5 Å². The summed E-state index contributed by atoms with van der Waals surface area (Å²) in [5.41, 5.74) is 7.19. The summed E-state index contributed by atoms with van der Waals surface area (Å²) in [4.78, 5) is 24.5. The average molecular weight is 382 g/mol. The van der Waals surface area contributed by atoms with Crippen LogP contribution in [0.2, 0.25) is 0 Å². The van der Waals surface area contributed by atoms with Crippen molar-refractivity contribution in [2.24, 2.45) is 12.8 Å². The lowest BCUT2D eigenvalue weighted by atomic mass is 10.2. The Morgan fingerprint density at radius 1 is 1.32 bits per heavy atom. The second kappa shape index (κ2) is 8.33. The first-order chi connectivity index (χ1) is 13.4. The molecule has 0 aliphatic carbocycles. The van der Waals surface area contributed by atoms with Gasteiger partial charge in [-0.25, -0.2) is 9.97 Å². The molecule has 146 valence electrons. The van der Waals surface area contributed by atoms with Crippen LogP contribution in [-0.4, -0.2) is 36.7 Å². The van der Waals surface area contributed by atoms with Gasteiger partial charge in [0, 0.05) is 37.7 Å². The van der Waals surface area contributed by atoms with Crippen LogP contribution in [0.5, 0.6) is 5.88 Å². The third-order valence-electron chi connectivity index (χ3n) is 3.66. The van der Waals surface area contributed by atoms with Gasteiger partial charge in [0.1, 0.15) is 5.82 Å². The number of aryl methyl sites for hydroxylation is 1. The molecular formula is C18H22N8O2. The lowest BCUT2D eigenvalue weighted by molar-refractivity contribution is 0.100. The highest BCUT2D eigenvalue weighted by atomic mass is 16.5. The number of hydrogen-bond donors (Lipinski definition) is 3. The Balaban J connectivity index is 1.82. The quantitative estimate of drug-likeness (QED) is 0.537. The molecule has 3 aromatic heterocycles.